The number of pyridine rings is 1. The summed E-state index contributed by atoms with van der Waals surface area (Å²) < 4.78 is 38.4. The summed E-state index contributed by atoms with van der Waals surface area (Å²) in [6, 6.07) is 1.50. The summed E-state index contributed by atoms with van der Waals surface area (Å²) in [6.45, 7) is 5.37. The number of likely N-dealkylation sites (tertiary alicyclic amines) is 1. The first-order valence-corrected chi connectivity index (χ1v) is 11.7. The van der Waals surface area contributed by atoms with E-state index in [1.165, 1.54) is 11.0 Å². The molecule has 0 aromatic carbocycles. The van der Waals surface area contributed by atoms with E-state index in [1.54, 1.807) is 4.90 Å². The van der Waals surface area contributed by atoms with Gasteiger partial charge in [0.2, 0.25) is 17.7 Å². The fraction of sp³-hybridized carbons (Fsp3) is 0.583. The number of rotatable bonds is 5. The second kappa shape index (κ2) is 9.38. The molecule has 184 valence electrons. The third kappa shape index (κ3) is 4.67. The number of nitrogens with zero attached hydrogens (tertiary/aromatic N) is 4. The first-order chi connectivity index (χ1) is 16.1. The Hall–Kier alpha value is -2.91. The molecule has 2 fully saturated rings. The zero-order chi connectivity index (χ0) is 24.6. The molecule has 3 amide bonds. The van der Waals surface area contributed by atoms with E-state index >= 15 is 0 Å². The number of fused-ring (bicyclic) bond motifs is 1. The van der Waals surface area contributed by atoms with E-state index < -0.39 is 17.8 Å². The van der Waals surface area contributed by atoms with E-state index in [0.29, 0.717) is 51.3 Å². The number of hydrogen-bond acceptors (Lipinski definition) is 5. The van der Waals surface area contributed by atoms with Gasteiger partial charge in [-0.3, -0.25) is 19.3 Å². The molecule has 0 spiro atoms. The van der Waals surface area contributed by atoms with E-state index in [2.05, 4.69) is 4.98 Å². The number of allylic oxidation sites excluding steroid dienone is 2. The van der Waals surface area contributed by atoms with E-state index in [-0.39, 0.29) is 35.5 Å². The SMILES string of the molecule is CC(C)C[C@H](C(=O)N1CCN(c2ccc(C(F)(F)F)cn2)CC1)N1C(=O)[C@@H]2CC=CC[C@H]2C1=O. The maximum atomic E-state index is 13.5. The number of piperazine rings is 1. The van der Waals surface area contributed by atoms with Crippen molar-refractivity contribution in [2.75, 3.05) is 31.1 Å². The molecule has 3 atom stereocenters. The Kier molecular flexibility index (Phi) is 6.69. The highest BCUT2D eigenvalue weighted by Gasteiger charge is 2.51. The lowest BCUT2D eigenvalue weighted by Gasteiger charge is -2.38. The molecule has 34 heavy (non-hydrogen) atoms. The van der Waals surface area contributed by atoms with E-state index in [4.69, 9.17) is 0 Å². The van der Waals surface area contributed by atoms with E-state index in [1.807, 2.05) is 30.9 Å². The van der Waals surface area contributed by atoms with Gasteiger partial charge in [0.25, 0.3) is 0 Å². The van der Waals surface area contributed by atoms with Crippen LogP contribution in [-0.2, 0) is 20.6 Å². The first kappa shape index (κ1) is 24.2. The minimum atomic E-state index is -4.44. The molecule has 7 nitrogen and oxygen atoms in total. The van der Waals surface area contributed by atoms with Crippen molar-refractivity contribution in [3.05, 3.63) is 36.0 Å². The molecule has 0 N–H and O–H groups in total. The molecule has 1 aliphatic carbocycles. The largest absolute Gasteiger partial charge is 0.417 e. The van der Waals surface area contributed by atoms with Gasteiger partial charge in [-0.2, -0.15) is 13.2 Å². The van der Waals surface area contributed by atoms with Crippen LogP contribution in [0.3, 0.4) is 0 Å². The highest BCUT2D eigenvalue weighted by molar-refractivity contribution is 6.08. The van der Waals surface area contributed by atoms with Crippen molar-refractivity contribution in [1.82, 2.24) is 14.8 Å². The Bertz CT molecular complexity index is 943. The first-order valence-electron chi connectivity index (χ1n) is 11.7. The number of anilines is 1. The van der Waals surface area contributed by atoms with Crippen molar-refractivity contribution in [1.29, 1.82) is 0 Å². The van der Waals surface area contributed by atoms with Gasteiger partial charge < -0.3 is 9.80 Å². The minimum absolute atomic E-state index is 0.105. The number of alkyl halides is 3. The van der Waals surface area contributed by atoms with Gasteiger partial charge in [-0.05, 0) is 37.3 Å². The third-order valence-electron chi connectivity index (χ3n) is 6.82. The number of hydrogen-bond donors (Lipinski definition) is 0. The number of aromatic nitrogens is 1. The quantitative estimate of drug-likeness (QED) is 0.480. The third-order valence-corrected chi connectivity index (χ3v) is 6.82. The molecule has 0 radical (unpaired) electrons. The summed E-state index contributed by atoms with van der Waals surface area (Å²) in [5.41, 5.74) is -0.808. The Balaban J connectivity index is 1.44. The maximum absolute atomic E-state index is 13.5. The molecular weight excluding hydrogens is 449 g/mol. The topological polar surface area (TPSA) is 73.8 Å². The molecule has 3 heterocycles. The second-order valence-electron chi connectivity index (χ2n) is 9.56. The average Bonchev–Trinajstić information content (AvgIpc) is 3.07. The zero-order valence-electron chi connectivity index (χ0n) is 19.3. The van der Waals surface area contributed by atoms with Crippen LogP contribution in [0.5, 0.6) is 0 Å². The number of imide groups is 1. The zero-order valence-corrected chi connectivity index (χ0v) is 19.3. The van der Waals surface area contributed by atoms with Crippen molar-refractivity contribution < 1.29 is 27.6 Å². The van der Waals surface area contributed by atoms with Crippen LogP contribution >= 0.6 is 0 Å². The van der Waals surface area contributed by atoms with Gasteiger partial charge in [0.15, 0.2) is 0 Å². The molecule has 2 saturated heterocycles. The average molecular weight is 479 g/mol. The number of carbonyl (C=O) groups is 3. The predicted octanol–water partition coefficient (Wildman–Crippen LogP) is 3.11. The van der Waals surface area contributed by atoms with E-state index in [9.17, 15) is 27.6 Å². The van der Waals surface area contributed by atoms with Crippen LogP contribution in [0.25, 0.3) is 0 Å². The number of amides is 3. The van der Waals surface area contributed by atoms with Crippen LogP contribution in [0.15, 0.2) is 30.5 Å². The number of carbonyl (C=O) groups excluding carboxylic acids is 3. The van der Waals surface area contributed by atoms with Crippen LogP contribution in [-0.4, -0.2) is 64.7 Å². The summed E-state index contributed by atoms with van der Waals surface area (Å²) in [5, 5.41) is 0. The summed E-state index contributed by atoms with van der Waals surface area (Å²) in [4.78, 5) is 48.3. The normalized spacial score (nSPS) is 24.1. The van der Waals surface area contributed by atoms with Crippen LogP contribution in [0, 0.1) is 17.8 Å². The molecule has 0 unspecified atom stereocenters. The standard InChI is InChI=1S/C24H29F3N4O3/c1-15(2)13-19(31-21(32)17-5-3-4-6-18(17)22(31)33)23(34)30-11-9-29(10-12-30)20-8-7-16(14-28-20)24(25,26)27/h3-4,7-8,14-15,17-19H,5-6,9-13H2,1-2H3/t17-,18-,19-/m1/s1. The Morgan fingerprint density at radius 3 is 2.09 bits per heavy atom. The molecule has 3 aliphatic rings. The van der Waals surface area contributed by atoms with Gasteiger partial charge in [-0.1, -0.05) is 26.0 Å². The molecule has 4 rings (SSSR count). The van der Waals surface area contributed by atoms with Crippen molar-refractivity contribution in [2.45, 2.75) is 45.3 Å². The molecule has 1 aromatic rings. The van der Waals surface area contributed by atoms with Crippen molar-refractivity contribution in [2.24, 2.45) is 17.8 Å². The molecule has 10 heteroatoms. The lowest BCUT2D eigenvalue weighted by Crippen LogP contribution is -2.56. The lowest BCUT2D eigenvalue weighted by atomic mass is 9.85. The van der Waals surface area contributed by atoms with Gasteiger partial charge in [-0.15, -0.1) is 0 Å². The van der Waals surface area contributed by atoms with Crippen LogP contribution in [0.4, 0.5) is 19.0 Å². The predicted molar refractivity (Wildman–Crippen MR) is 118 cm³/mol. The van der Waals surface area contributed by atoms with Crippen LogP contribution < -0.4 is 4.90 Å². The van der Waals surface area contributed by atoms with Gasteiger partial charge in [0.1, 0.15) is 11.9 Å². The van der Waals surface area contributed by atoms with E-state index in [0.717, 1.165) is 12.3 Å². The lowest BCUT2D eigenvalue weighted by molar-refractivity contribution is -0.152. The van der Waals surface area contributed by atoms with Gasteiger partial charge in [0.05, 0.1) is 17.4 Å². The fourth-order valence-electron chi connectivity index (χ4n) is 5.00. The summed E-state index contributed by atoms with van der Waals surface area (Å²) in [6.07, 6.45) is 1.64. The monoisotopic (exact) mass is 478 g/mol. The molecular formula is C24H29F3N4O3. The highest BCUT2D eigenvalue weighted by Crippen LogP contribution is 2.37. The fourth-order valence-corrected chi connectivity index (χ4v) is 5.00. The smallest absolute Gasteiger partial charge is 0.353 e. The summed E-state index contributed by atoms with van der Waals surface area (Å²) in [5.74, 6) is -1.02. The van der Waals surface area contributed by atoms with Crippen molar-refractivity contribution in [3.8, 4) is 0 Å². The highest BCUT2D eigenvalue weighted by atomic mass is 19.4. The second-order valence-corrected chi connectivity index (χ2v) is 9.56. The number of halogens is 3. The maximum Gasteiger partial charge on any atom is 0.417 e. The van der Waals surface area contributed by atoms with Gasteiger partial charge in [0, 0.05) is 32.4 Å². The summed E-state index contributed by atoms with van der Waals surface area (Å²) >= 11 is 0. The summed E-state index contributed by atoms with van der Waals surface area (Å²) in [7, 11) is 0. The Labute approximate surface area is 196 Å². The van der Waals surface area contributed by atoms with Crippen molar-refractivity contribution in [3.63, 3.8) is 0 Å². The molecule has 1 aromatic heterocycles. The molecule has 0 bridgehead atoms. The van der Waals surface area contributed by atoms with Crippen LogP contribution in [0.1, 0.15) is 38.7 Å². The Morgan fingerprint density at radius 2 is 1.62 bits per heavy atom. The molecule has 2 aliphatic heterocycles. The van der Waals surface area contributed by atoms with Gasteiger partial charge >= 0.3 is 6.18 Å². The van der Waals surface area contributed by atoms with Crippen LogP contribution in [0.2, 0.25) is 0 Å². The van der Waals surface area contributed by atoms with Gasteiger partial charge in [-0.25, -0.2) is 4.98 Å². The minimum Gasteiger partial charge on any atom is -0.353 e. The Morgan fingerprint density at radius 1 is 1.03 bits per heavy atom. The van der Waals surface area contributed by atoms with Crippen molar-refractivity contribution >= 4 is 23.5 Å². The molecule has 0 saturated carbocycles.